The van der Waals surface area contributed by atoms with Gasteiger partial charge in [-0.25, -0.2) is 4.98 Å². The van der Waals surface area contributed by atoms with Gasteiger partial charge in [0.2, 0.25) is 5.91 Å². The monoisotopic (exact) mass is 330 g/mol. The number of halogens is 3. The number of hydrogen-bond acceptors (Lipinski definition) is 3. The van der Waals surface area contributed by atoms with Gasteiger partial charge in [-0.3, -0.25) is 4.79 Å². The standard InChI is InChI=1S/C16H21F3N2O2/c1-15(2)7-6-12(22)11(9-15)21-14(23)8-10-4-3-5-13(20-10)16(17,18)19/h3-5,11-12,22H,6-9H2,1-2H3,(H,21,23)/t11-,12-/m1/s1. The predicted molar refractivity (Wildman–Crippen MR) is 78.5 cm³/mol. The molecule has 1 aliphatic rings. The van der Waals surface area contributed by atoms with E-state index in [0.29, 0.717) is 12.8 Å². The number of aromatic nitrogens is 1. The number of carbonyl (C=O) groups excluding carboxylic acids is 1. The molecule has 1 saturated carbocycles. The van der Waals surface area contributed by atoms with Crippen molar-refractivity contribution in [1.29, 1.82) is 0 Å². The van der Waals surface area contributed by atoms with Crippen molar-refractivity contribution in [1.82, 2.24) is 10.3 Å². The molecule has 128 valence electrons. The highest BCUT2D eigenvalue weighted by Gasteiger charge is 2.35. The van der Waals surface area contributed by atoms with Crippen molar-refractivity contribution in [3.8, 4) is 0 Å². The highest BCUT2D eigenvalue weighted by molar-refractivity contribution is 5.78. The lowest BCUT2D eigenvalue weighted by molar-refractivity contribution is -0.141. The summed E-state index contributed by atoms with van der Waals surface area (Å²) in [6.07, 6.45) is -3.30. The molecule has 1 heterocycles. The maximum absolute atomic E-state index is 12.6. The molecule has 0 unspecified atom stereocenters. The minimum atomic E-state index is -4.53. The van der Waals surface area contributed by atoms with E-state index in [1.807, 2.05) is 0 Å². The summed E-state index contributed by atoms with van der Waals surface area (Å²) in [5.41, 5.74) is -0.936. The summed E-state index contributed by atoms with van der Waals surface area (Å²) in [6, 6.07) is 3.11. The zero-order valence-corrected chi connectivity index (χ0v) is 13.2. The summed E-state index contributed by atoms with van der Waals surface area (Å²) in [4.78, 5) is 15.5. The van der Waals surface area contributed by atoms with E-state index < -0.39 is 23.9 Å². The Bertz CT molecular complexity index is 573. The van der Waals surface area contributed by atoms with Gasteiger partial charge in [0.05, 0.1) is 24.3 Å². The Kier molecular flexibility index (Phi) is 4.98. The number of alkyl halides is 3. The Morgan fingerprint density at radius 2 is 2.13 bits per heavy atom. The zero-order valence-electron chi connectivity index (χ0n) is 13.2. The first-order valence-electron chi connectivity index (χ1n) is 7.57. The van der Waals surface area contributed by atoms with Gasteiger partial charge in [0.1, 0.15) is 5.69 Å². The van der Waals surface area contributed by atoms with Gasteiger partial charge in [0.15, 0.2) is 0 Å². The summed E-state index contributed by atoms with van der Waals surface area (Å²) in [5.74, 6) is -0.432. The van der Waals surface area contributed by atoms with Crippen LogP contribution in [0.3, 0.4) is 0 Å². The number of nitrogens with one attached hydrogen (secondary N) is 1. The molecule has 23 heavy (non-hydrogen) atoms. The average Bonchev–Trinajstić information content (AvgIpc) is 2.42. The lowest BCUT2D eigenvalue weighted by Crippen LogP contribution is -2.49. The third kappa shape index (κ3) is 4.92. The van der Waals surface area contributed by atoms with Crippen LogP contribution in [0.2, 0.25) is 0 Å². The molecule has 1 amide bonds. The second-order valence-electron chi connectivity index (χ2n) is 6.84. The van der Waals surface area contributed by atoms with Gasteiger partial charge in [-0.2, -0.15) is 13.2 Å². The van der Waals surface area contributed by atoms with Gasteiger partial charge in [0, 0.05) is 0 Å². The van der Waals surface area contributed by atoms with Crippen LogP contribution in [0.15, 0.2) is 18.2 Å². The van der Waals surface area contributed by atoms with Gasteiger partial charge < -0.3 is 10.4 Å². The molecule has 7 heteroatoms. The maximum atomic E-state index is 12.6. The number of rotatable bonds is 3. The normalized spacial score (nSPS) is 24.3. The molecular weight excluding hydrogens is 309 g/mol. The van der Waals surface area contributed by atoms with Crippen molar-refractivity contribution < 1.29 is 23.1 Å². The van der Waals surface area contributed by atoms with Crippen molar-refractivity contribution >= 4 is 5.91 Å². The van der Waals surface area contributed by atoms with Gasteiger partial charge in [-0.15, -0.1) is 0 Å². The fourth-order valence-corrected chi connectivity index (χ4v) is 2.88. The molecule has 2 N–H and O–H groups in total. The Labute approximate surface area is 133 Å². The Morgan fingerprint density at radius 1 is 1.43 bits per heavy atom. The molecule has 0 saturated heterocycles. The largest absolute Gasteiger partial charge is 0.433 e. The van der Waals surface area contributed by atoms with Crippen LogP contribution in [0.5, 0.6) is 0 Å². The Balaban J connectivity index is 1.99. The van der Waals surface area contributed by atoms with E-state index >= 15 is 0 Å². The SMILES string of the molecule is CC1(C)CC[C@@H](O)[C@H](NC(=O)Cc2cccc(C(F)(F)F)n2)C1. The van der Waals surface area contributed by atoms with Crippen LogP contribution in [0.1, 0.15) is 44.5 Å². The molecule has 1 aliphatic carbocycles. The minimum Gasteiger partial charge on any atom is -0.391 e. The molecule has 4 nitrogen and oxygen atoms in total. The molecule has 0 radical (unpaired) electrons. The van der Waals surface area contributed by atoms with Crippen molar-refractivity contribution in [3.05, 3.63) is 29.6 Å². The van der Waals surface area contributed by atoms with Crippen LogP contribution >= 0.6 is 0 Å². The predicted octanol–water partition coefficient (Wildman–Crippen LogP) is 2.70. The van der Waals surface area contributed by atoms with Gasteiger partial charge in [0.25, 0.3) is 0 Å². The average molecular weight is 330 g/mol. The van der Waals surface area contributed by atoms with E-state index in [1.165, 1.54) is 12.1 Å². The smallest absolute Gasteiger partial charge is 0.391 e. The molecule has 1 aromatic rings. The van der Waals surface area contributed by atoms with E-state index in [0.717, 1.165) is 12.5 Å². The van der Waals surface area contributed by atoms with E-state index in [-0.39, 0.29) is 23.6 Å². The van der Waals surface area contributed by atoms with Crippen LogP contribution in [0.4, 0.5) is 13.2 Å². The number of amides is 1. The number of aliphatic hydroxyl groups excluding tert-OH is 1. The van der Waals surface area contributed by atoms with Crippen LogP contribution in [-0.2, 0) is 17.4 Å². The lowest BCUT2D eigenvalue weighted by atomic mass is 9.74. The first-order chi connectivity index (χ1) is 10.6. The van der Waals surface area contributed by atoms with Crippen LogP contribution < -0.4 is 5.32 Å². The van der Waals surface area contributed by atoms with Gasteiger partial charge in [-0.1, -0.05) is 19.9 Å². The molecule has 1 fully saturated rings. The number of aliphatic hydroxyl groups is 1. The highest BCUT2D eigenvalue weighted by atomic mass is 19.4. The Morgan fingerprint density at radius 3 is 2.78 bits per heavy atom. The molecule has 0 aliphatic heterocycles. The van der Waals surface area contributed by atoms with Crippen molar-refractivity contribution in [2.45, 2.75) is 57.9 Å². The van der Waals surface area contributed by atoms with Crippen LogP contribution in [0, 0.1) is 5.41 Å². The first-order valence-corrected chi connectivity index (χ1v) is 7.57. The summed E-state index contributed by atoms with van der Waals surface area (Å²) in [5, 5.41) is 12.7. The first kappa shape index (κ1) is 17.7. The molecular formula is C16H21F3N2O2. The minimum absolute atomic E-state index is 0.0195. The molecule has 0 bridgehead atoms. The van der Waals surface area contributed by atoms with Crippen molar-refractivity contribution in [2.24, 2.45) is 5.41 Å². The quantitative estimate of drug-likeness (QED) is 0.896. The zero-order chi connectivity index (χ0) is 17.3. The summed E-state index contributed by atoms with van der Waals surface area (Å²) < 4.78 is 37.9. The van der Waals surface area contributed by atoms with Crippen LogP contribution in [0.25, 0.3) is 0 Å². The van der Waals surface area contributed by atoms with Crippen LogP contribution in [-0.4, -0.2) is 28.1 Å². The number of nitrogens with zero attached hydrogens (tertiary/aromatic N) is 1. The maximum Gasteiger partial charge on any atom is 0.433 e. The molecule has 0 aromatic carbocycles. The summed E-state index contributed by atoms with van der Waals surface area (Å²) >= 11 is 0. The second kappa shape index (κ2) is 6.47. The highest BCUT2D eigenvalue weighted by Crippen LogP contribution is 2.35. The van der Waals surface area contributed by atoms with E-state index in [2.05, 4.69) is 24.1 Å². The van der Waals surface area contributed by atoms with Gasteiger partial charge >= 0.3 is 6.18 Å². The fraction of sp³-hybridized carbons (Fsp3) is 0.625. The number of pyridine rings is 1. The summed E-state index contributed by atoms with van der Waals surface area (Å²) in [7, 11) is 0. The number of carbonyl (C=O) groups is 1. The lowest BCUT2D eigenvalue weighted by Gasteiger charge is -2.38. The van der Waals surface area contributed by atoms with E-state index in [9.17, 15) is 23.1 Å². The van der Waals surface area contributed by atoms with Gasteiger partial charge in [-0.05, 0) is 36.8 Å². The van der Waals surface area contributed by atoms with Crippen molar-refractivity contribution in [3.63, 3.8) is 0 Å². The molecule has 1 aromatic heterocycles. The molecule has 2 rings (SSSR count). The Hall–Kier alpha value is -1.63. The number of hydrogen-bond donors (Lipinski definition) is 2. The third-order valence-corrected chi connectivity index (χ3v) is 4.14. The molecule has 2 atom stereocenters. The van der Waals surface area contributed by atoms with E-state index in [1.54, 1.807) is 0 Å². The third-order valence-electron chi connectivity index (χ3n) is 4.14. The fourth-order valence-electron chi connectivity index (χ4n) is 2.88. The second-order valence-corrected chi connectivity index (χ2v) is 6.84. The molecule has 0 spiro atoms. The summed E-state index contributed by atoms with van der Waals surface area (Å²) in [6.45, 7) is 4.12. The van der Waals surface area contributed by atoms with Crippen molar-refractivity contribution in [2.75, 3.05) is 0 Å². The topological polar surface area (TPSA) is 62.2 Å². The van der Waals surface area contributed by atoms with E-state index in [4.69, 9.17) is 0 Å².